The van der Waals surface area contributed by atoms with Gasteiger partial charge in [0.05, 0.1) is 29.8 Å². The number of carbonyl (C=O) groups excluding carboxylic acids is 2. The quantitative estimate of drug-likeness (QED) is 0.300. The normalized spacial score (nSPS) is 16.0. The molecular weight excluding hydrogens is 514 g/mol. The number of ether oxygens (including phenoxy) is 1. The fourth-order valence-electron chi connectivity index (χ4n) is 5.18. The molecule has 39 heavy (non-hydrogen) atoms. The second-order valence-electron chi connectivity index (χ2n) is 9.97. The van der Waals surface area contributed by atoms with Crippen LogP contribution in [-0.2, 0) is 45.9 Å². The standard InChI is InChI=1S/C30H31N3O5S/c1-32-29-18-23(8-11-24(29)20-31-32)16-25(34)15-21-9-12-27(13-10-21)39(36,37)33-14-4-7-28(33)30(35)19-22-5-3-6-26(17-22)38-2/h3,5-6,8-13,17-18,20,28H,4,7,14-16,19H2,1-2H3/t28-/m0/s1. The van der Waals surface area contributed by atoms with Gasteiger partial charge in [-0.05, 0) is 59.9 Å². The molecule has 1 aliphatic heterocycles. The van der Waals surface area contributed by atoms with E-state index in [4.69, 9.17) is 4.74 Å². The van der Waals surface area contributed by atoms with E-state index < -0.39 is 16.1 Å². The van der Waals surface area contributed by atoms with Crippen LogP contribution in [0.3, 0.4) is 0 Å². The van der Waals surface area contributed by atoms with E-state index in [0.717, 1.165) is 27.6 Å². The Kier molecular flexibility index (Phi) is 7.63. The second kappa shape index (κ2) is 11.1. The lowest BCUT2D eigenvalue weighted by Crippen LogP contribution is -2.41. The van der Waals surface area contributed by atoms with Gasteiger partial charge in [0.1, 0.15) is 11.5 Å². The Morgan fingerprint density at radius 2 is 1.67 bits per heavy atom. The van der Waals surface area contributed by atoms with E-state index in [9.17, 15) is 18.0 Å². The van der Waals surface area contributed by atoms with Crippen molar-refractivity contribution in [2.24, 2.45) is 7.05 Å². The lowest BCUT2D eigenvalue weighted by molar-refractivity contribution is -0.121. The molecule has 0 amide bonds. The van der Waals surface area contributed by atoms with Gasteiger partial charge < -0.3 is 4.74 Å². The first-order chi connectivity index (χ1) is 18.7. The summed E-state index contributed by atoms with van der Waals surface area (Å²) in [4.78, 5) is 26.0. The van der Waals surface area contributed by atoms with Crippen molar-refractivity contribution in [3.8, 4) is 5.75 Å². The molecule has 2 heterocycles. The summed E-state index contributed by atoms with van der Waals surface area (Å²) in [7, 11) is -0.425. The molecular formula is C30H31N3O5S. The molecule has 0 spiro atoms. The largest absolute Gasteiger partial charge is 0.497 e. The van der Waals surface area contributed by atoms with Crippen LogP contribution < -0.4 is 4.74 Å². The smallest absolute Gasteiger partial charge is 0.243 e. The SMILES string of the molecule is COc1cccc(CC(=O)[C@@H]2CCCN2S(=O)(=O)c2ccc(CC(=O)Cc3ccc4cnn(C)c4c3)cc2)c1. The van der Waals surface area contributed by atoms with Gasteiger partial charge in [-0.1, -0.05) is 36.4 Å². The number of hydrogen-bond acceptors (Lipinski definition) is 6. The molecule has 0 bridgehead atoms. The van der Waals surface area contributed by atoms with Crippen molar-refractivity contribution in [3.63, 3.8) is 0 Å². The zero-order valence-corrected chi connectivity index (χ0v) is 22.9. The molecule has 0 radical (unpaired) electrons. The van der Waals surface area contributed by atoms with Crippen LogP contribution in [0.5, 0.6) is 5.75 Å². The molecule has 9 heteroatoms. The van der Waals surface area contributed by atoms with Crippen LogP contribution >= 0.6 is 0 Å². The summed E-state index contributed by atoms with van der Waals surface area (Å²) >= 11 is 0. The second-order valence-corrected chi connectivity index (χ2v) is 11.9. The number of fused-ring (bicyclic) bond motifs is 1. The minimum absolute atomic E-state index is 0.0369. The highest BCUT2D eigenvalue weighted by molar-refractivity contribution is 7.89. The summed E-state index contributed by atoms with van der Waals surface area (Å²) in [5.74, 6) is 0.565. The lowest BCUT2D eigenvalue weighted by Gasteiger charge is -2.23. The van der Waals surface area contributed by atoms with E-state index in [1.807, 2.05) is 37.4 Å². The van der Waals surface area contributed by atoms with E-state index in [1.54, 1.807) is 42.3 Å². The maximum absolute atomic E-state index is 13.5. The number of Topliss-reactive ketones (excluding diaryl/α,β-unsaturated/α-hetero) is 2. The van der Waals surface area contributed by atoms with Crippen molar-refractivity contribution in [1.29, 1.82) is 0 Å². The average molecular weight is 546 g/mol. The monoisotopic (exact) mass is 545 g/mol. The molecule has 0 N–H and O–H groups in total. The first kappa shape index (κ1) is 26.8. The lowest BCUT2D eigenvalue weighted by atomic mass is 10.0. The Labute approximate surface area is 228 Å². The molecule has 1 fully saturated rings. The van der Waals surface area contributed by atoms with Gasteiger partial charge in [0.15, 0.2) is 5.78 Å². The van der Waals surface area contributed by atoms with Crippen molar-refractivity contribution in [3.05, 3.63) is 89.6 Å². The Bertz CT molecular complexity index is 1630. The van der Waals surface area contributed by atoms with Gasteiger partial charge in [-0.3, -0.25) is 14.3 Å². The van der Waals surface area contributed by atoms with Gasteiger partial charge in [0.2, 0.25) is 10.0 Å². The number of benzene rings is 3. The van der Waals surface area contributed by atoms with Crippen molar-refractivity contribution >= 4 is 32.5 Å². The summed E-state index contributed by atoms with van der Waals surface area (Å²) in [5, 5.41) is 5.26. The number of sulfonamides is 1. The van der Waals surface area contributed by atoms with Crippen LogP contribution in [-0.4, -0.2) is 53.8 Å². The van der Waals surface area contributed by atoms with Crippen LogP contribution in [0.4, 0.5) is 0 Å². The van der Waals surface area contributed by atoms with Gasteiger partial charge in [-0.2, -0.15) is 9.40 Å². The van der Waals surface area contributed by atoms with Crippen LogP contribution in [0.2, 0.25) is 0 Å². The zero-order valence-electron chi connectivity index (χ0n) is 22.0. The Balaban J connectivity index is 1.24. The highest BCUT2D eigenvalue weighted by Crippen LogP contribution is 2.28. The summed E-state index contributed by atoms with van der Waals surface area (Å²) < 4.78 is 35.3. The van der Waals surface area contributed by atoms with Gasteiger partial charge in [-0.25, -0.2) is 8.42 Å². The maximum atomic E-state index is 13.5. The van der Waals surface area contributed by atoms with E-state index in [0.29, 0.717) is 25.1 Å². The van der Waals surface area contributed by atoms with Crippen LogP contribution in [0, 0.1) is 0 Å². The molecule has 4 aromatic rings. The Hall–Kier alpha value is -3.82. The predicted octanol–water partition coefficient (Wildman–Crippen LogP) is 3.90. The van der Waals surface area contributed by atoms with E-state index in [-0.39, 0.29) is 35.7 Å². The van der Waals surface area contributed by atoms with Gasteiger partial charge in [-0.15, -0.1) is 0 Å². The molecule has 8 nitrogen and oxygen atoms in total. The molecule has 0 unspecified atom stereocenters. The summed E-state index contributed by atoms with van der Waals surface area (Å²) in [5.41, 5.74) is 3.41. The topological polar surface area (TPSA) is 98.6 Å². The van der Waals surface area contributed by atoms with Crippen LogP contribution in [0.1, 0.15) is 29.5 Å². The fourth-order valence-corrected chi connectivity index (χ4v) is 6.86. The first-order valence-corrected chi connectivity index (χ1v) is 14.4. The van der Waals surface area contributed by atoms with E-state index in [1.165, 1.54) is 16.4 Å². The fraction of sp³-hybridized carbons (Fsp3) is 0.300. The maximum Gasteiger partial charge on any atom is 0.243 e. The molecule has 1 atom stereocenters. The van der Waals surface area contributed by atoms with Crippen LogP contribution in [0.25, 0.3) is 10.9 Å². The third kappa shape index (κ3) is 5.79. The predicted molar refractivity (Wildman–Crippen MR) is 148 cm³/mol. The third-order valence-electron chi connectivity index (χ3n) is 7.23. The van der Waals surface area contributed by atoms with Crippen molar-refractivity contribution in [1.82, 2.24) is 14.1 Å². The Morgan fingerprint density at radius 1 is 0.949 bits per heavy atom. The number of methoxy groups -OCH3 is 1. The van der Waals surface area contributed by atoms with Crippen molar-refractivity contribution in [2.75, 3.05) is 13.7 Å². The van der Waals surface area contributed by atoms with Crippen LogP contribution in [0.15, 0.2) is 77.8 Å². The molecule has 0 aliphatic carbocycles. The summed E-state index contributed by atoms with van der Waals surface area (Å²) in [6.07, 6.45) is 3.55. The molecule has 0 saturated carbocycles. The Morgan fingerprint density at radius 3 is 2.44 bits per heavy atom. The number of ketones is 2. The first-order valence-electron chi connectivity index (χ1n) is 12.9. The molecule has 5 rings (SSSR count). The number of nitrogens with zero attached hydrogens (tertiary/aromatic N) is 3. The molecule has 3 aromatic carbocycles. The molecule has 1 saturated heterocycles. The summed E-state index contributed by atoms with van der Waals surface area (Å²) in [6, 6.07) is 18.8. The summed E-state index contributed by atoms with van der Waals surface area (Å²) in [6.45, 7) is 0.304. The number of aromatic nitrogens is 2. The van der Waals surface area contributed by atoms with E-state index >= 15 is 0 Å². The number of hydrogen-bond donors (Lipinski definition) is 0. The number of aryl methyl sites for hydroxylation is 1. The van der Waals surface area contributed by atoms with Gasteiger partial charge in [0, 0.05) is 38.2 Å². The van der Waals surface area contributed by atoms with Gasteiger partial charge >= 0.3 is 0 Å². The van der Waals surface area contributed by atoms with Crippen molar-refractivity contribution in [2.45, 2.75) is 43.0 Å². The average Bonchev–Trinajstić information content (AvgIpc) is 3.57. The van der Waals surface area contributed by atoms with Crippen molar-refractivity contribution < 1.29 is 22.7 Å². The molecule has 202 valence electrons. The van der Waals surface area contributed by atoms with Gasteiger partial charge in [0.25, 0.3) is 0 Å². The minimum Gasteiger partial charge on any atom is -0.497 e. The number of rotatable bonds is 10. The minimum atomic E-state index is -3.86. The zero-order chi connectivity index (χ0) is 27.6. The highest BCUT2D eigenvalue weighted by Gasteiger charge is 2.39. The molecule has 1 aromatic heterocycles. The highest BCUT2D eigenvalue weighted by atomic mass is 32.2. The number of carbonyl (C=O) groups is 2. The molecule has 1 aliphatic rings. The third-order valence-corrected chi connectivity index (χ3v) is 9.16. The van der Waals surface area contributed by atoms with E-state index in [2.05, 4.69) is 5.10 Å².